The molecule has 0 spiro atoms. The van der Waals surface area contributed by atoms with Gasteiger partial charge in [-0.2, -0.15) is 0 Å². The van der Waals surface area contributed by atoms with E-state index in [9.17, 15) is 4.79 Å². The van der Waals surface area contributed by atoms with Gasteiger partial charge in [0.1, 0.15) is 6.10 Å². The highest BCUT2D eigenvalue weighted by molar-refractivity contribution is 6.78. The van der Waals surface area contributed by atoms with Gasteiger partial charge < -0.3 is 4.74 Å². The van der Waals surface area contributed by atoms with Crippen LogP contribution in [0.2, 0.25) is 25.7 Å². The number of esters is 1. The van der Waals surface area contributed by atoms with Crippen LogP contribution in [0.1, 0.15) is 12.5 Å². The van der Waals surface area contributed by atoms with E-state index < -0.39 is 8.07 Å². The van der Waals surface area contributed by atoms with Crippen LogP contribution < -0.4 is 0 Å². The Labute approximate surface area is 111 Å². The Morgan fingerprint density at radius 1 is 1.28 bits per heavy atom. The zero-order chi connectivity index (χ0) is 13.6. The maximum Gasteiger partial charge on any atom is 0.303 e. The Kier molecular flexibility index (Phi) is 5.35. The highest BCUT2D eigenvalue weighted by Crippen LogP contribution is 2.11. The smallest absolute Gasteiger partial charge is 0.303 e. The van der Waals surface area contributed by atoms with Crippen molar-refractivity contribution in [2.45, 2.75) is 38.7 Å². The molecule has 0 aliphatic rings. The summed E-state index contributed by atoms with van der Waals surface area (Å²) in [4.78, 5) is 11.7. The average Bonchev–Trinajstić information content (AvgIpc) is 2.25. The molecule has 0 saturated carbocycles. The molecule has 98 valence electrons. The largest absolute Gasteiger partial charge is 0.459 e. The molecule has 0 aromatic heterocycles. The van der Waals surface area contributed by atoms with E-state index >= 15 is 0 Å². The summed E-state index contributed by atoms with van der Waals surface area (Å²) in [7, 11) is -1.37. The van der Waals surface area contributed by atoms with Crippen LogP contribution in [0.5, 0.6) is 0 Å². The van der Waals surface area contributed by atoms with Crippen molar-refractivity contribution in [3.63, 3.8) is 0 Å². The van der Waals surface area contributed by atoms with Gasteiger partial charge in [0.05, 0.1) is 8.07 Å². The zero-order valence-electron chi connectivity index (χ0n) is 11.6. The molecule has 2 nitrogen and oxygen atoms in total. The highest BCUT2D eigenvalue weighted by Gasteiger charge is 2.20. The third kappa shape index (κ3) is 6.40. The predicted molar refractivity (Wildman–Crippen MR) is 79.2 cm³/mol. The molecule has 0 amide bonds. The third-order valence-electron chi connectivity index (χ3n) is 2.35. The fourth-order valence-corrected chi connectivity index (χ4v) is 2.48. The van der Waals surface area contributed by atoms with Gasteiger partial charge in [0.15, 0.2) is 0 Å². The van der Waals surface area contributed by atoms with Crippen LogP contribution in [0.15, 0.2) is 36.4 Å². The summed E-state index contributed by atoms with van der Waals surface area (Å²) in [5, 5.41) is 0. The summed E-state index contributed by atoms with van der Waals surface area (Å²) >= 11 is 0. The number of ether oxygens (including phenoxy) is 1. The molecule has 0 unspecified atom stereocenters. The molecule has 0 radical (unpaired) electrons. The number of hydrogen-bond donors (Lipinski definition) is 0. The minimum Gasteiger partial charge on any atom is -0.459 e. The fourth-order valence-electron chi connectivity index (χ4n) is 1.53. The lowest BCUT2D eigenvalue weighted by atomic mass is 10.2. The standard InChI is InChI=1S/C15H22O2Si/c1-13(17-15(16)12-18(2,3)4)10-11-14-8-6-5-7-9-14/h5-11,13H,12H2,1-4H3/b11-10+/t13-/m0/s1. The summed E-state index contributed by atoms with van der Waals surface area (Å²) in [6.07, 6.45) is 3.72. The van der Waals surface area contributed by atoms with E-state index in [1.807, 2.05) is 49.4 Å². The molecule has 3 heteroatoms. The number of hydrogen-bond acceptors (Lipinski definition) is 2. The molecule has 18 heavy (non-hydrogen) atoms. The number of carbonyl (C=O) groups is 1. The van der Waals surface area contributed by atoms with E-state index in [0.717, 1.165) is 5.56 Å². The molecule has 0 fully saturated rings. The van der Waals surface area contributed by atoms with E-state index in [4.69, 9.17) is 4.74 Å². The lowest BCUT2D eigenvalue weighted by Gasteiger charge is -2.16. The van der Waals surface area contributed by atoms with Crippen molar-refractivity contribution >= 4 is 20.1 Å². The lowest BCUT2D eigenvalue weighted by Crippen LogP contribution is -2.26. The van der Waals surface area contributed by atoms with Crippen molar-refractivity contribution in [1.82, 2.24) is 0 Å². The second-order valence-electron chi connectivity index (χ2n) is 5.70. The first-order chi connectivity index (χ1) is 8.37. The second kappa shape index (κ2) is 6.54. The van der Waals surface area contributed by atoms with E-state index in [2.05, 4.69) is 19.6 Å². The first kappa shape index (κ1) is 14.7. The number of benzene rings is 1. The van der Waals surface area contributed by atoms with Crippen LogP contribution in [0.4, 0.5) is 0 Å². The molecule has 1 rings (SSSR count). The number of rotatable bonds is 5. The van der Waals surface area contributed by atoms with Crippen molar-refractivity contribution in [2.24, 2.45) is 0 Å². The van der Waals surface area contributed by atoms with Gasteiger partial charge in [0.2, 0.25) is 0 Å². The zero-order valence-corrected chi connectivity index (χ0v) is 12.6. The second-order valence-corrected chi connectivity index (χ2v) is 11.2. The van der Waals surface area contributed by atoms with Crippen molar-refractivity contribution in [3.05, 3.63) is 42.0 Å². The Hall–Kier alpha value is -1.35. The molecular formula is C15H22O2Si. The molecule has 0 aliphatic carbocycles. The molecular weight excluding hydrogens is 240 g/mol. The van der Waals surface area contributed by atoms with Gasteiger partial charge in [0, 0.05) is 6.04 Å². The SMILES string of the molecule is C[C@@H](/C=C/c1ccccc1)OC(=O)C[Si](C)(C)C. The van der Waals surface area contributed by atoms with Crippen molar-refractivity contribution in [2.75, 3.05) is 0 Å². The Bertz CT molecular complexity index is 404. The summed E-state index contributed by atoms with van der Waals surface area (Å²) in [6, 6.07) is 10.6. The minimum absolute atomic E-state index is 0.0839. The van der Waals surface area contributed by atoms with Crippen LogP contribution in [0.3, 0.4) is 0 Å². The molecule has 0 heterocycles. The van der Waals surface area contributed by atoms with Crippen LogP contribution in [0.25, 0.3) is 6.08 Å². The van der Waals surface area contributed by atoms with Gasteiger partial charge in [-0.05, 0) is 18.6 Å². The van der Waals surface area contributed by atoms with E-state index in [1.54, 1.807) is 0 Å². The average molecular weight is 262 g/mol. The van der Waals surface area contributed by atoms with Crippen molar-refractivity contribution in [1.29, 1.82) is 0 Å². The summed E-state index contributed by atoms with van der Waals surface area (Å²) in [5.41, 5.74) is 1.12. The minimum atomic E-state index is -1.37. The molecule has 0 saturated heterocycles. The molecule has 1 atom stereocenters. The Morgan fingerprint density at radius 2 is 1.89 bits per heavy atom. The van der Waals surface area contributed by atoms with E-state index in [0.29, 0.717) is 6.04 Å². The molecule has 0 bridgehead atoms. The van der Waals surface area contributed by atoms with Gasteiger partial charge in [-0.3, -0.25) is 4.79 Å². The van der Waals surface area contributed by atoms with Gasteiger partial charge >= 0.3 is 5.97 Å². The highest BCUT2D eigenvalue weighted by atomic mass is 28.3. The van der Waals surface area contributed by atoms with Gasteiger partial charge in [-0.1, -0.05) is 56.0 Å². The van der Waals surface area contributed by atoms with Gasteiger partial charge in [0.25, 0.3) is 0 Å². The van der Waals surface area contributed by atoms with E-state index in [1.165, 1.54) is 0 Å². The van der Waals surface area contributed by atoms with Crippen LogP contribution in [0, 0.1) is 0 Å². The maximum absolute atomic E-state index is 11.7. The van der Waals surface area contributed by atoms with Crippen LogP contribution in [-0.4, -0.2) is 20.1 Å². The molecule has 1 aromatic rings. The Balaban J connectivity index is 2.45. The Morgan fingerprint density at radius 3 is 2.44 bits per heavy atom. The monoisotopic (exact) mass is 262 g/mol. The molecule has 1 aromatic carbocycles. The third-order valence-corrected chi connectivity index (χ3v) is 3.70. The summed E-state index contributed by atoms with van der Waals surface area (Å²) in [5.74, 6) is -0.0839. The van der Waals surface area contributed by atoms with E-state index in [-0.39, 0.29) is 12.1 Å². The van der Waals surface area contributed by atoms with Gasteiger partial charge in [-0.25, -0.2) is 0 Å². The topological polar surface area (TPSA) is 26.3 Å². The summed E-state index contributed by atoms with van der Waals surface area (Å²) in [6.45, 7) is 8.39. The first-order valence-electron chi connectivity index (χ1n) is 6.29. The fraction of sp³-hybridized carbons (Fsp3) is 0.400. The molecule has 0 aliphatic heterocycles. The van der Waals surface area contributed by atoms with Crippen LogP contribution in [-0.2, 0) is 9.53 Å². The maximum atomic E-state index is 11.7. The molecule has 0 N–H and O–H groups in total. The number of carbonyl (C=O) groups excluding carboxylic acids is 1. The van der Waals surface area contributed by atoms with Crippen molar-refractivity contribution < 1.29 is 9.53 Å². The first-order valence-corrected chi connectivity index (χ1v) is 10.0. The predicted octanol–water partition coefficient (Wildman–Crippen LogP) is 3.97. The van der Waals surface area contributed by atoms with Crippen LogP contribution >= 0.6 is 0 Å². The van der Waals surface area contributed by atoms with Gasteiger partial charge in [-0.15, -0.1) is 0 Å². The lowest BCUT2D eigenvalue weighted by molar-refractivity contribution is -0.143. The quantitative estimate of drug-likeness (QED) is 0.593. The normalized spacial score (nSPS) is 13.6. The summed E-state index contributed by atoms with van der Waals surface area (Å²) < 4.78 is 5.36. The van der Waals surface area contributed by atoms with Crippen molar-refractivity contribution in [3.8, 4) is 0 Å².